The summed E-state index contributed by atoms with van der Waals surface area (Å²) in [5.41, 5.74) is 5.85. The first kappa shape index (κ1) is 18.8. The van der Waals surface area contributed by atoms with E-state index in [1.165, 1.54) is 11.3 Å². The predicted molar refractivity (Wildman–Crippen MR) is 82.4 cm³/mol. The third-order valence-corrected chi connectivity index (χ3v) is 3.40. The summed E-state index contributed by atoms with van der Waals surface area (Å²) in [6.07, 6.45) is 1.75. The summed E-state index contributed by atoms with van der Waals surface area (Å²) in [6.45, 7) is 1.00. The number of nitrogens with zero attached hydrogens (tertiary/aromatic N) is 2. The molecule has 8 heteroatoms. The molecule has 0 aliphatic carbocycles. The molecule has 0 saturated carbocycles. The van der Waals surface area contributed by atoms with Crippen LogP contribution >= 0.6 is 23.7 Å². The SMILES string of the molecule is CN(C)C(=O)CCCNC(=O)c1csc(CCN)n1.Cl. The van der Waals surface area contributed by atoms with Crippen LogP contribution in [-0.4, -0.2) is 48.9 Å². The van der Waals surface area contributed by atoms with Crippen LogP contribution in [0.2, 0.25) is 0 Å². The van der Waals surface area contributed by atoms with E-state index < -0.39 is 0 Å². The van der Waals surface area contributed by atoms with Crippen LogP contribution in [0.25, 0.3) is 0 Å². The highest BCUT2D eigenvalue weighted by atomic mass is 35.5. The van der Waals surface area contributed by atoms with Crippen LogP contribution in [0, 0.1) is 0 Å². The zero-order valence-corrected chi connectivity index (χ0v) is 13.4. The van der Waals surface area contributed by atoms with E-state index in [1.807, 2.05) is 0 Å². The number of nitrogens with two attached hydrogens (primary N) is 1. The molecule has 0 radical (unpaired) electrons. The summed E-state index contributed by atoms with van der Waals surface area (Å²) < 4.78 is 0. The maximum Gasteiger partial charge on any atom is 0.270 e. The van der Waals surface area contributed by atoms with E-state index in [-0.39, 0.29) is 24.2 Å². The van der Waals surface area contributed by atoms with Crippen LogP contribution in [0.15, 0.2) is 5.38 Å². The molecule has 1 heterocycles. The van der Waals surface area contributed by atoms with Gasteiger partial charge in [0.1, 0.15) is 5.69 Å². The first-order valence-electron chi connectivity index (χ1n) is 6.17. The molecule has 1 aromatic heterocycles. The molecule has 20 heavy (non-hydrogen) atoms. The fourth-order valence-corrected chi connectivity index (χ4v) is 2.20. The molecule has 6 nitrogen and oxygen atoms in total. The van der Waals surface area contributed by atoms with Crippen molar-refractivity contribution in [1.29, 1.82) is 0 Å². The second kappa shape index (κ2) is 9.68. The Morgan fingerprint density at radius 1 is 1.45 bits per heavy atom. The van der Waals surface area contributed by atoms with Crippen LogP contribution in [0.3, 0.4) is 0 Å². The molecule has 0 aliphatic rings. The summed E-state index contributed by atoms with van der Waals surface area (Å²) in [7, 11) is 3.43. The third-order valence-electron chi connectivity index (χ3n) is 2.49. The number of aromatic nitrogens is 1. The van der Waals surface area contributed by atoms with E-state index in [0.717, 1.165) is 5.01 Å². The number of thiazole rings is 1. The lowest BCUT2D eigenvalue weighted by Gasteiger charge is -2.09. The smallest absolute Gasteiger partial charge is 0.270 e. The summed E-state index contributed by atoms with van der Waals surface area (Å²) in [4.78, 5) is 28.8. The Hall–Kier alpha value is -1.18. The van der Waals surface area contributed by atoms with Gasteiger partial charge in [-0.05, 0) is 13.0 Å². The first-order valence-corrected chi connectivity index (χ1v) is 7.05. The van der Waals surface area contributed by atoms with Crippen molar-refractivity contribution in [3.63, 3.8) is 0 Å². The Morgan fingerprint density at radius 2 is 2.15 bits per heavy atom. The van der Waals surface area contributed by atoms with Gasteiger partial charge in [0.2, 0.25) is 5.91 Å². The molecular formula is C12H21ClN4O2S. The first-order chi connectivity index (χ1) is 9.04. The Bertz CT molecular complexity index is 437. The summed E-state index contributed by atoms with van der Waals surface area (Å²) in [6, 6.07) is 0. The van der Waals surface area contributed by atoms with Crippen LogP contribution < -0.4 is 11.1 Å². The summed E-state index contributed by atoms with van der Waals surface area (Å²) >= 11 is 1.44. The number of amides is 2. The van der Waals surface area contributed by atoms with Crippen molar-refractivity contribution in [2.75, 3.05) is 27.2 Å². The van der Waals surface area contributed by atoms with Crippen molar-refractivity contribution in [1.82, 2.24) is 15.2 Å². The Balaban J connectivity index is 0.00000361. The zero-order chi connectivity index (χ0) is 14.3. The molecule has 1 aromatic rings. The standard InChI is InChI=1S/C12H20N4O2S.ClH/c1-16(2)11(17)4-3-7-14-12(18)9-8-19-10(15-9)5-6-13;/h8H,3-7,13H2,1-2H3,(H,14,18);1H. The van der Waals surface area contributed by atoms with Crippen LogP contribution in [0.4, 0.5) is 0 Å². The van der Waals surface area contributed by atoms with Gasteiger partial charge in [-0.15, -0.1) is 23.7 Å². The normalized spacial score (nSPS) is 9.75. The van der Waals surface area contributed by atoms with E-state index in [1.54, 1.807) is 24.4 Å². The molecule has 0 unspecified atom stereocenters. The van der Waals surface area contributed by atoms with Crippen LogP contribution in [-0.2, 0) is 11.2 Å². The fraction of sp³-hybridized carbons (Fsp3) is 0.583. The van der Waals surface area contributed by atoms with Crippen molar-refractivity contribution in [3.8, 4) is 0 Å². The van der Waals surface area contributed by atoms with Crippen LogP contribution in [0.1, 0.15) is 28.3 Å². The lowest BCUT2D eigenvalue weighted by Crippen LogP contribution is -2.27. The van der Waals surface area contributed by atoms with E-state index in [9.17, 15) is 9.59 Å². The van der Waals surface area contributed by atoms with Gasteiger partial charge in [-0.2, -0.15) is 0 Å². The van der Waals surface area contributed by atoms with Gasteiger partial charge in [0.15, 0.2) is 0 Å². The average Bonchev–Trinajstić information content (AvgIpc) is 2.83. The lowest BCUT2D eigenvalue weighted by atomic mass is 10.3. The van der Waals surface area contributed by atoms with Crippen molar-refractivity contribution in [3.05, 3.63) is 16.1 Å². The molecule has 0 fully saturated rings. The van der Waals surface area contributed by atoms with E-state index in [0.29, 0.717) is 38.0 Å². The van der Waals surface area contributed by atoms with Gasteiger partial charge >= 0.3 is 0 Å². The van der Waals surface area contributed by atoms with Crippen molar-refractivity contribution >= 4 is 35.6 Å². The molecule has 0 aromatic carbocycles. The summed E-state index contributed by atoms with van der Waals surface area (Å²) in [5, 5.41) is 5.35. The number of hydrogen-bond acceptors (Lipinski definition) is 5. The molecular weight excluding hydrogens is 300 g/mol. The molecule has 0 spiro atoms. The number of carbonyl (C=O) groups excluding carboxylic acids is 2. The van der Waals surface area contributed by atoms with Gasteiger partial charge in [-0.25, -0.2) is 4.98 Å². The maximum absolute atomic E-state index is 11.7. The lowest BCUT2D eigenvalue weighted by molar-refractivity contribution is -0.128. The maximum atomic E-state index is 11.7. The largest absolute Gasteiger partial charge is 0.351 e. The number of hydrogen-bond donors (Lipinski definition) is 2. The molecule has 1 rings (SSSR count). The quantitative estimate of drug-likeness (QED) is 0.723. The number of nitrogens with one attached hydrogen (secondary N) is 1. The second-order valence-corrected chi connectivity index (χ2v) is 5.26. The number of halogens is 1. The zero-order valence-electron chi connectivity index (χ0n) is 11.7. The topological polar surface area (TPSA) is 88.3 Å². The number of carbonyl (C=O) groups is 2. The highest BCUT2D eigenvalue weighted by Gasteiger charge is 2.10. The number of rotatable bonds is 7. The monoisotopic (exact) mass is 320 g/mol. The molecule has 0 saturated heterocycles. The van der Waals surface area contributed by atoms with Gasteiger partial charge in [-0.3, -0.25) is 9.59 Å². The molecule has 0 atom stereocenters. The van der Waals surface area contributed by atoms with Crippen molar-refractivity contribution in [2.45, 2.75) is 19.3 Å². The second-order valence-electron chi connectivity index (χ2n) is 4.31. The van der Waals surface area contributed by atoms with Crippen molar-refractivity contribution in [2.24, 2.45) is 5.73 Å². The van der Waals surface area contributed by atoms with E-state index in [4.69, 9.17) is 5.73 Å². The van der Waals surface area contributed by atoms with Gasteiger partial charge in [0.05, 0.1) is 5.01 Å². The van der Waals surface area contributed by atoms with Gasteiger partial charge in [-0.1, -0.05) is 0 Å². The third kappa shape index (κ3) is 6.31. The molecule has 3 N–H and O–H groups in total. The van der Waals surface area contributed by atoms with Gasteiger partial charge in [0, 0.05) is 38.9 Å². The van der Waals surface area contributed by atoms with Gasteiger partial charge in [0.25, 0.3) is 5.91 Å². The fourth-order valence-electron chi connectivity index (χ4n) is 1.41. The van der Waals surface area contributed by atoms with Crippen LogP contribution in [0.5, 0.6) is 0 Å². The van der Waals surface area contributed by atoms with Crippen molar-refractivity contribution < 1.29 is 9.59 Å². The Labute approximate surface area is 129 Å². The van der Waals surface area contributed by atoms with E-state index in [2.05, 4.69) is 10.3 Å². The minimum absolute atomic E-state index is 0. The predicted octanol–water partition coefficient (Wildman–Crippen LogP) is 0.664. The van der Waals surface area contributed by atoms with Gasteiger partial charge < -0.3 is 16.0 Å². The van der Waals surface area contributed by atoms with E-state index >= 15 is 0 Å². The Kier molecular flexibility index (Phi) is 9.11. The minimum atomic E-state index is -0.197. The highest BCUT2D eigenvalue weighted by Crippen LogP contribution is 2.09. The Morgan fingerprint density at radius 3 is 2.75 bits per heavy atom. The molecule has 0 bridgehead atoms. The molecule has 2 amide bonds. The average molecular weight is 321 g/mol. The highest BCUT2D eigenvalue weighted by molar-refractivity contribution is 7.09. The molecule has 0 aliphatic heterocycles. The summed E-state index contributed by atoms with van der Waals surface area (Å²) in [5.74, 6) is -0.134. The molecule has 114 valence electrons. The minimum Gasteiger partial charge on any atom is -0.351 e.